The number of rotatable bonds is 2. The van der Waals surface area contributed by atoms with Crippen molar-refractivity contribution in [3.8, 4) is 0 Å². The second-order valence-electron chi connectivity index (χ2n) is 9.37. The highest BCUT2D eigenvalue weighted by atomic mass is 16.2. The number of nitrogens with zero attached hydrogens (tertiary/aromatic N) is 1. The highest BCUT2D eigenvalue weighted by molar-refractivity contribution is 5.71. The third-order valence-electron chi connectivity index (χ3n) is 7.80. The predicted octanol–water partition coefficient (Wildman–Crippen LogP) is 2.43. The third kappa shape index (κ3) is 2.78. The van der Waals surface area contributed by atoms with Gasteiger partial charge in [0.2, 0.25) is 0 Å². The van der Waals surface area contributed by atoms with E-state index in [2.05, 4.69) is 34.6 Å². The Morgan fingerprint density at radius 2 is 1.85 bits per heavy atom. The van der Waals surface area contributed by atoms with Crippen molar-refractivity contribution < 1.29 is 11.2 Å². The first-order chi connectivity index (χ1) is 12.6. The van der Waals surface area contributed by atoms with Gasteiger partial charge in [0.05, 0.1) is 5.41 Å². The zero-order valence-electron chi connectivity index (χ0n) is 16.0. The molecular formula is C22H34N3O+. The molecule has 26 heavy (non-hydrogen) atoms. The van der Waals surface area contributed by atoms with Gasteiger partial charge in [-0.05, 0) is 57.0 Å². The van der Waals surface area contributed by atoms with Gasteiger partial charge in [-0.25, -0.2) is 0 Å². The summed E-state index contributed by atoms with van der Waals surface area (Å²) < 4.78 is 0. The van der Waals surface area contributed by atoms with E-state index in [1.807, 2.05) is 0 Å². The number of nitrogens with one attached hydrogen (secondary N) is 2. The number of carbonyl (C=O) groups is 1. The topological polar surface area (TPSA) is 36.8 Å². The van der Waals surface area contributed by atoms with Gasteiger partial charge >= 0.3 is 0 Å². The molecule has 3 atom stereocenters. The van der Waals surface area contributed by atoms with E-state index in [1.165, 1.54) is 69.3 Å². The lowest BCUT2D eigenvalue weighted by atomic mass is 9.73. The van der Waals surface area contributed by atoms with Crippen LogP contribution in [0, 0.1) is 11.8 Å². The minimum absolute atomic E-state index is 0. The summed E-state index contributed by atoms with van der Waals surface area (Å²) >= 11 is 0. The summed E-state index contributed by atoms with van der Waals surface area (Å²) in [5.41, 5.74) is 6.14. The maximum atomic E-state index is 11.7. The summed E-state index contributed by atoms with van der Waals surface area (Å²) in [5, 5.41) is 1.15. The van der Waals surface area contributed by atoms with Crippen LogP contribution in [0.2, 0.25) is 0 Å². The molecular weight excluding hydrogens is 322 g/mol. The molecule has 5 rings (SSSR count). The Balaban J connectivity index is 0.00000180. The molecule has 142 valence electrons. The summed E-state index contributed by atoms with van der Waals surface area (Å²) in [6, 6.07) is 9.62. The van der Waals surface area contributed by atoms with Crippen molar-refractivity contribution in [2.75, 3.05) is 19.6 Å². The van der Waals surface area contributed by atoms with Crippen LogP contribution in [0.4, 0.5) is 5.69 Å². The van der Waals surface area contributed by atoms with Crippen LogP contribution in [0.15, 0.2) is 24.3 Å². The van der Waals surface area contributed by atoms with Gasteiger partial charge in [0.1, 0.15) is 6.54 Å². The number of para-hydroxylation sites is 1. The second kappa shape index (κ2) is 6.35. The highest BCUT2D eigenvalue weighted by Crippen LogP contribution is 2.46. The summed E-state index contributed by atoms with van der Waals surface area (Å²) in [7, 11) is 0. The molecule has 2 heterocycles. The van der Waals surface area contributed by atoms with Crippen molar-refractivity contribution in [1.29, 1.82) is 0 Å². The second-order valence-corrected chi connectivity index (χ2v) is 9.37. The largest absolute Gasteiger partial charge is 0.300 e. The molecule has 3 unspecified atom stereocenters. The molecule has 2 aliphatic heterocycles. The van der Waals surface area contributed by atoms with Crippen molar-refractivity contribution in [1.82, 2.24) is 10.3 Å². The van der Waals surface area contributed by atoms with Crippen molar-refractivity contribution in [2.24, 2.45) is 11.8 Å². The number of fused-ring (bicyclic) bond motifs is 4. The average Bonchev–Trinajstić information content (AvgIpc) is 3.13. The molecule has 2 bridgehead atoms. The van der Waals surface area contributed by atoms with Crippen molar-refractivity contribution in [3.63, 3.8) is 0 Å². The summed E-state index contributed by atoms with van der Waals surface area (Å²) in [6.45, 7) is 5.09. The molecule has 2 N–H and O–H groups in total. The van der Waals surface area contributed by atoms with Crippen LogP contribution >= 0.6 is 0 Å². The van der Waals surface area contributed by atoms with Crippen LogP contribution in [0.25, 0.3) is 0 Å². The fourth-order valence-electron chi connectivity index (χ4n) is 6.60. The fourth-order valence-corrected chi connectivity index (χ4v) is 6.60. The van der Waals surface area contributed by atoms with Crippen LogP contribution in [-0.2, 0) is 10.2 Å². The number of benzene rings is 1. The number of quaternary nitrogens is 1. The molecule has 4 heteroatoms. The number of piperidine rings is 1. The highest BCUT2D eigenvalue weighted by Gasteiger charge is 2.50. The monoisotopic (exact) mass is 356 g/mol. The summed E-state index contributed by atoms with van der Waals surface area (Å²) in [5.74, 6) is 2.09. The van der Waals surface area contributed by atoms with E-state index in [4.69, 9.17) is 0 Å². The number of likely N-dealkylation sites (tertiary alicyclic amines) is 1. The van der Waals surface area contributed by atoms with E-state index in [9.17, 15) is 4.79 Å². The first-order valence-corrected chi connectivity index (χ1v) is 10.6. The predicted molar refractivity (Wildman–Crippen MR) is 104 cm³/mol. The first kappa shape index (κ1) is 16.8. The Bertz CT molecular complexity index is 689. The Kier molecular flexibility index (Phi) is 4.09. The summed E-state index contributed by atoms with van der Waals surface area (Å²) in [4.78, 5) is 14.5. The lowest BCUT2D eigenvalue weighted by Gasteiger charge is -2.44. The van der Waals surface area contributed by atoms with Gasteiger partial charge in [-0.15, -0.1) is 0 Å². The zero-order valence-corrected chi connectivity index (χ0v) is 16.0. The lowest BCUT2D eigenvalue weighted by Crippen LogP contribution is -3.14. The van der Waals surface area contributed by atoms with E-state index < -0.39 is 0 Å². The maximum absolute atomic E-state index is 11.7. The Labute approximate surface area is 158 Å². The van der Waals surface area contributed by atoms with Gasteiger partial charge in [-0.1, -0.05) is 31.0 Å². The van der Waals surface area contributed by atoms with Gasteiger partial charge in [-0.3, -0.25) is 4.79 Å². The van der Waals surface area contributed by atoms with E-state index in [0.717, 1.165) is 29.4 Å². The molecule has 2 aliphatic carbocycles. The third-order valence-corrected chi connectivity index (χ3v) is 7.80. The van der Waals surface area contributed by atoms with Crippen LogP contribution < -0.4 is 10.4 Å². The van der Waals surface area contributed by atoms with Crippen LogP contribution in [0.5, 0.6) is 0 Å². The van der Waals surface area contributed by atoms with E-state index in [0.29, 0.717) is 0 Å². The normalized spacial score (nSPS) is 35.4. The SMILES string of the molecule is CC(=O)N[NH+]1CC2(CCN(C3CC4CCC(C4)C3)CC2)c2ccccc21.[HH]. The zero-order chi connectivity index (χ0) is 17.7. The quantitative estimate of drug-likeness (QED) is 0.854. The molecule has 1 spiro atoms. The van der Waals surface area contributed by atoms with E-state index in [1.54, 1.807) is 6.92 Å². The standard InChI is InChI=1S/C22H31N3O.H2/c1-16(26)23-25-15-22(20-4-2-3-5-21(20)25)8-10-24(11-9-22)19-13-17-6-7-18(12-17)14-19;/h2-5,17-19H,6-15H2,1H3,(H,23,26);1H/p+1. The first-order valence-electron chi connectivity index (χ1n) is 10.6. The molecule has 2 saturated carbocycles. The van der Waals surface area contributed by atoms with Crippen LogP contribution in [0.3, 0.4) is 0 Å². The molecule has 1 amide bonds. The van der Waals surface area contributed by atoms with E-state index >= 15 is 0 Å². The Morgan fingerprint density at radius 1 is 1.15 bits per heavy atom. The number of hydrogen-bond acceptors (Lipinski definition) is 2. The summed E-state index contributed by atoms with van der Waals surface area (Å²) in [6.07, 6.45) is 9.85. The molecule has 1 aromatic carbocycles. The molecule has 4 aliphatic rings. The molecule has 0 radical (unpaired) electrons. The molecule has 0 aromatic heterocycles. The molecule has 1 saturated heterocycles. The van der Waals surface area contributed by atoms with Gasteiger partial charge < -0.3 is 4.90 Å². The van der Waals surface area contributed by atoms with Crippen molar-refractivity contribution in [3.05, 3.63) is 29.8 Å². The molecule has 3 fully saturated rings. The van der Waals surface area contributed by atoms with Gasteiger partial charge in [0.15, 0.2) is 5.69 Å². The molecule has 1 aromatic rings. The lowest BCUT2D eigenvalue weighted by molar-refractivity contribution is -0.868. The minimum atomic E-state index is 0. The van der Waals surface area contributed by atoms with Crippen LogP contribution in [0.1, 0.15) is 58.9 Å². The van der Waals surface area contributed by atoms with Crippen molar-refractivity contribution >= 4 is 11.6 Å². The van der Waals surface area contributed by atoms with Gasteiger partial charge in [0.25, 0.3) is 5.91 Å². The smallest absolute Gasteiger partial charge is 0.262 e. The minimum Gasteiger partial charge on any atom is -0.300 e. The van der Waals surface area contributed by atoms with Gasteiger partial charge in [-0.2, -0.15) is 10.4 Å². The Hall–Kier alpha value is -1.39. The number of hydrogen-bond donors (Lipinski definition) is 2. The fraction of sp³-hybridized carbons (Fsp3) is 0.682. The maximum Gasteiger partial charge on any atom is 0.262 e. The Morgan fingerprint density at radius 3 is 2.54 bits per heavy atom. The van der Waals surface area contributed by atoms with Gasteiger partial charge in [0, 0.05) is 26.0 Å². The van der Waals surface area contributed by atoms with E-state index in [-0.39, 0.29) is 12.7 Å². The van der Waals surface area contributed by atoms with Crippen LogP contribution in [-0.4, -0.2) is 36.5 Å². The number of amides is 1. The average molecular weight is 357 g/mol. The molecule has 4 nitrogen and oxygen atoms in total. The van der Waals surface area contributed by atoms with Crippen molar-refractivity contribution in [2.45, 2.75) is 63.3 Å². The number of carbonyl (C=O) groups excluding carboxylic acids is 1.